The van der Waals surface area contributed by atoms with Crippen LogP contribution in [-0.2, 0) is 4.79 Å². The molecule has 0 aliphatic heterocycles. The molecule has 3 nitrogen and oxygen atoms in total. The van der Waals surface area contributed by atoms with Crippen LogP contribution in [0.5, 0.6) is 0 Å². The Morgan fingerprint density at radius 1 is 0.909 bits per heavy atom. The number of aliphatic hydroxyl groups excluding tert-OH is 1. The molecule has 4 saturated carbocycles. The summed E-state index contributed by atoms with van der Waals surface area (Å²) >= 11 is 0. The van der Waals surface area contributed by atoms with Gasteiger partial charge in [0.25, 0.3) is 0 Å². The summed E-state index contributed by atoms with van der Waals surface area (Å²) in [6.07, 6.45) is 11.6. The van der Waals surface area contributed by atoms with Crippen molar-refractivity contribution in [1.82, 2.24) is 0 Å². The fraction of sp³-hybridized carbons (Fsp3) is 0.900. The van der Waals surface area contributed by atoms with Gasteiger partial charge in [0, 0.05) is 0 Å². The molecule has 0 aromatic carbocycles. The molecular weight excluding hydrogens is 408 g/mol. The average Bonchev–Trinajstić information content (AvgIpc) is 2.74. The summed E-state index contributed by atoms with van der Waals surface area (Å²) in [7, 11) is 0. The van der Waals surface area contributed by atoms with Crippen LogP contribution in [-0.4, -0.2) is 22.3 Å². The zero-order chi connectivity index (χ0) is 24.2. The lowest BCUT2D eigenvalue weighted by Crippen LogP contribution is -2.65. The van der Waals surface area contributed by atoms with Gasteiger partial charge in [-0.1, -0.05) is 60.1 Å². The van der Waals surface area contributed by atoms with E-state index in [1.807, 2.05) is 0 Å². The number of allylic oxidation sites excluding steroid dienone is 2. The van der Waals surface area contributed by atoms with Gasteiger partial charge in [0.15, 0.2) is 0 Å². The van der Waals surface area contributed by atoms with E-state index in [0.29, 0.717) is 23.7 Å². The Balaban J connectivity index is 1.61. The van der Waals surface area contributed by atoms with Gasteiger partial charge in [0.1, 0.15) is 0 Å². The number of rotatable bonds is 1. The third-order valence-corrected chi connectivity index (χ3v) is 13.4. The molecule has 2 N–H and O–H groups in total. The van der Waals surface area contributed by atoms with Gasteiger partial charge in [-0.2, -0.15) is 0 Å². The molecule has 0 spiro atoms. The van der Waals surface area contributed by atoms with Gasteiger partial charge in [-0.25, -0.2) is 0 Å². The Bertz CT molecular complexity index is 874. The standard InChI is InChI=1S/C30H48O3/c1-18-10-15-30(25(32)33)17-16-28(6)20(24(30)19(18)2)8-9-22-27(5)13-12-23(31)26(3,4)21(27)11-14-29(22,28)7/h8,18-19,21-24,31H,9-17H2,1-7H3,(H,32,33)/t18-,19+,21+,22-,23+,24+,27+,28-,29-,30?/m1/s1. The number of aliphatic hydroxyl groups is 1. The summed E-state index contributed by atoms with van der Waals surface area (Å²) in [4.78, 5) is 12.8. The molecule has 4 fully saturated rings. The zero-order valence-corrected chi connectivity index (χ0v) is 22.2. The summed E-state index contributed by atoms with van der Waals surface area (Å²) in [6, 6.07) is 0. The number of carbonyl (C=O) groups is 1. The third kappa shape index (κ3) is 2.75. The van der Waals surface area contributed by atoms with Crippen LogP contribution in [0.3, 0.4) is 0 Å². The lowest BCUT2D eigenvalue weighted by atomic mass is 9.33. The Labute approximate surface area is 201 Å². The van der Waals surface area contributed by atoms with E-state index < -0.39 is 11.4 Å². The topological polar surface area (TPSA) is 57.5 Å². The summed E-state index contributed by atoms with van der Waals surface area (Å²) in [6.45, 7) is 17.0. The molecule has 0 amide bonds. The van der Waals surface area contributed by atoms with E-state index >= 15 is 0 Å². The van der Waals surface area contributed by atoms with Crippen molar-refractivity contribution < 1.29 is 15.0 Å². The first-order valence-electron chi connectivity index (χ1n) is 13.9. The van der Waals surface area contributed by atoms with Gasteiger partial charge < -0.3 is 10.2 Å². The number of carboxylic acid groups (broad SMARTS) is 1. The first-order valence-corrected chi connectivity index (χ1v) is 13.9. The minimum Gasteiger partial charge on any atom is -0.481 e. The van der Waals surface area contributed by atoms with E-state index in [1.165, 1.54) is 18.4 Å². The number of aliphatic carboxylic acids is 1. The molecule has 0 aromatic heterocycles. The summed E-state index contributed by atoms with van der Waals surface area (Å²) in [5.41, 5.74) is 1.46. The quantitative estimate of drug-likeness (QED) is 0.414. The maximum absolute atomic E-state index is 12.8. The fourth-order valence-corrected chi connectivity index (χ4v) is 10.8. The van der Waals surface area contributed by atoms with Crippen molar-refractivity contribution in [1.29, 1.82) is 0 Å². The smallest absolute Gasteiger partial charge is 0.310 e. The number of hydrogen-bond donors (Lipinski definition) is 2. The minimum atomic E-state index is -0.557. The number of carboxylic acids is 1. The fourth-order valence-electron chi connectivity index (χ4n) is 10.8. The van der Waals surface area contributed by atoms with Gasteiger partial charge in [0.2, 0.25) is 0 Å². The Morgan fingerprint density at radius 2 is 1.61 bits per heavy atom. The van der Waals surface area contributed by atoms with Crippen molar-refractivity contribution >= 4 is 5.97 Å². The molecule has 0 radical (unpaired) electrons. The Kier molecular flexibility index (Phi) is 5.15. The van der Waals surface area contributed by atoms with E-state index in [1.54, 1.807) is 0 Å². The predicted octanol–water partition coefficient (Wildman–Crippen LogP) is 7.09. The van der Waals surface area contributed by atoms with Gasteiger partial charge in [-0.3, -0.25) is 4.79 Å². The van der Waals surface area contributed by atoms with E-state index in [0.717, 1.165) is 44.9 Å². The highest BCUT2D eigenvalue weighted by Gasteiger charge is 2.69. The first kappa shape index (κ1) is 23.9. The largest absolute Gasteiger partial charge is 0.481 e. The van der Waals surface area contributed by atoms with E-state index in [2.05, 4.69) is 54.5 Å². The monoisotopic (exact) mass is 456 g/mol. The second-order valence-corrected chi connectivity index (χ2v) is 14.5. The molecule has 0 saturated heterocycles. The maximum atomic E-state index is 12.8. The minimum absolute atomic E-state index is 0.0302. The Morgan fingerprint density at radius 3 is 2.27 bits per heavy atom. The molecule has 0 heterocycles. The van der Waals surface area contributed by atoms with Crippen LogP contribution in [0.1, 0.15) is 106 Å². The number of fused-ring (bicyclic) bond motifs is 7. The molecule has 5 aliphatic carbocycles. The highest BCUT2D eigenvalue weighted by molar-refractivity contribution is 5.76. The molecule has 33 heavy (non-hydrogen) atoms. The first-order chi connectivity index (χ1) is 15.3. The van der Waals surface area contributed by atoms with Crippen molar-refractivity contribution in [2.75, 3.05) is 0 Å². The van der Waals surface area contributed by atoms with Gasteiger partial charge >= 0.3 is 5.97 Å². The lowest BCUT2D eigenvalue weighted by molar-refractivity contribution is -0.206. The zero-order valence-electron chi connectivity index (χ0n) is 22.2. The van der Waals surface area contributed by atoms with Crippen molar-refractivity contribution in [3.63, 3.8) is 0 Å². The van der Waals surface area contributed by atoms with Crippen LogP contribution >= 0.6 is 0 Å². The van der Waals surface area contributed by atoms with Gasteiger partial charge in [0.05, 0.1) is 11.5 Å². The van der Waals surface area contributed by atoms with Crippen LogP contribution in [0.25, 0.3) is 0 Å². The second kappa shape index (κ2) is 7.11. The lowest BCUT2D eigenvalue weighted by Gasteiger charge is -2.71. The SMILES string of the molecule is C[C@H]1[C@H](C)CCC2(C(=O)O)CC[C@]3(C)C(=CC[C@@H]4[C@@]5(C)CC[C@H](O)C(C)(C)[C@@H]5CC[C@]43C)[C@H]12. The van der Waals surface area contributed by atoms with Gasteiger partial charge in [-0.05, 0) is 109 Å². The van der Waals surface area contributed by atoms with E-state index in [4.69, 9.17) is 0 Å². The van der Waals surface area contributed by atoms with Crippen LogP contribution in [0.15, 0.2) is 11.6 Å². The highest BCUT2D eigenvalue weighted by Crippen LogP contribution is 2.75. The van der Waals surface area contributed by atoms with E-state index in [-0.39, 0.29) is 33.7 Å². The predicted molar refractivity (Wildman–Crippen MR) is 133 cm³/mol. The molecule has 10 atom stereocenters. The second-order valence-electron chi connectivity index (χ2n) is 14.5. The Hall–Kier alpha value is -0.830. The molecule has 0 bridgehead atoms. The van der Waals surface area contributed by atoms with Crippen LogP contribution < -0.4 is 0 Å². The van der Waals surface area contributed by atoms with Crippen LogP contribution in [0.2, 0.25) is 0 Å². The van der Waals surface area contributed by atoms with Crippen molar-refractivity contribution in [3.8, 4) is 0 Å². The van der Waals surface area contributed by atoms with E-state index in [9.17, 15) is 15.0 Å². The summed E-state index contributed by atoms with van der Waals surface area (Å²) in [5, 5.41) is 21.4. The molecule has 0 aromatic rings. The van der Waals surface area contributed by atoms with Crippen molar-refractivity contribution in [3.05, 3.63) is 11.6 Å². The van der Waals surface area contributed by atoms with Crippen molar-refractivity contribution in [2.45, 2.75) is 112 Å². The summed E-state index contributed by atoms with van der Waals surface area (Å²) < 4.78 is 0. The maximum Gasteiger partial charge on any atom is 0.310 e. The van der Waals surface area contributed by atoms with Crippen molar-refractivity contribution in [2.24, 2.45) is 56.7 Å². The molecule has 5 rings (SSSR count). The number of hydrogen-bond acceptors (Lipinski definition) is 2. The molecule has 5 aliphatic rings. The summed E-state index contributed by atoms with van der Waals surface area (Å²) in [5.74, 6) is 1.82. The highest BCUT2D eigenvalue weighted by atomic mass is 16.4. The normalized spacial score (nSPS) is 55.3. The molecular formula is C30H48O3. The van der Waals surface area contributed by atoms with Gasteiger partial charge in [-0.15, -0.1) is 0 Å². The average molecular weight is 457 g/mol. The molecule has 1 unspecified atom stereocenters. The molecule has 3 heteroatoms. The molecule has 186 valence electrons. The van der Waals surface area contributed by atoms with Crippen LogP contribution in [0, 0.1) is 56.7 Å². The van der Waals surface area contributed by atoms with Crippen LogP contribution in [0.4, 0.5) is 0 Å². The third-order valence-electron chi connectivity index (χ3n) is 13.4.